The maximum atomic E-state index is 12.9. The largest absolute Gasteiger partial charge is 0.493 e. The summed E-state index contributed by atoms with van der Waals surface area (Å²) in [6.45, 7) is 11.9. The van der Waals surface area contributed by atoms with E-state index in [0.717, 1.165) is 18.4 Å². The Hall–Kier alpha value is -2.39. The maximum absolute atomic E-state index is 12.9. The van der Waals surface area contributed by atoms with Crippen LogP contribution in [0.3, 0.4) is 0 Å². The summed E-state index contributed by atoms with van der Waals surface area (Å²) in [5.74, 6) is 0.778. The van der Waals surface area contributed by atoms with Gasteiger partial charge in [-0.3, -0.25) is 0 Å². The van der Waals surface area contributed by atoms with Crippen molar-refractivity contribution in [2.45, 2.75) is 89.5 Å². The number of epoxide rings is 2. The van der Waals surface area contributed by atoms with Gasteiger partial charge in [-0.05, 0) is 77.7 Å². The van der Waals surface area contributed by atoms with E-state index in [2.05, 4.69) is 26.8 Å². The van der Waals surface area contributed by atoms with Crippen molar-refractivity contribution in [3.63, 3.8) is 0 Å². The third-order valence-electron chi connectivity index (χ3n) is 7.90. The van der Waals surface area contributed by atoms with Gasteiger partial charge < -0.3 is 33.2 Å². The van der Waals surface area contributed by atoms with E-state index in [-0.39, 0.29) is 41.5 Å². The maximum Gasteiger partial charge on any atom is 0.331 e. The Kier molecular flexibility index (Phi) is 9.42. The number of hydrogen-bond acceptors (Lipinski definition) is 8. The molecule has 0 aromatic heterocycles. The fourth-order valence-electron chi connectivity index (χ4n) is 5.77. The van der Waals surface area contributed by atoms with Crippen LogP contribution >= 0.6 is 0 Å². The van der Waals surface area contributed by atoms with E-state index in [1.807, 2.05) is 32.0 Å². The zero-order valence-corrected chi connectivity index (χ0v) is 24.4. The number of rotatable bonds is 13. The molecule has 4 rings (SSSR count). The molecule has 3 aliphatic rings. The number of esters is 1. The summed E-state index contributed by atoms with van der Waals surface area (Å²) < 4.78 is 40.9. The SMILES string of the molecule is COc1cc(/C=C/C(=O)O[C@@H]2CC[C@]3(CO3)[C@@H](C3(C)OC3CC=C(C)C)[C@@H]2OC)ccc1OCCOC(C)C. The van der Waals surface area contributed by atoms with E-state index in [1.54, 1.807) is 20.3 Å². The molecule has 216 valence electrons. The van der Waals surface area contributed by atoms with E-state index in [0.29, 0.717) is 37.7 Å². The minimum atomic E-state index is -0.415. The second kappa shape index (κ2) is 12.4. The molecule has 1 aliphatic carbocycles. The standard InChI is InChI=1S/C31H44O8/c1-20(2)8-12-26-30(5,39-26)29-28(34-7)24(14-15-31(29)19-37-31)38-27(32)13-10-22-9-11-23(25(18-22)33-6)36-17-16-35-21(3)4/h8-11,13,18,21,24,26,28-29H,12,14-17,19H2,1-7H3/b13-10+/t24-,26?,28-,29-,30?,31+/m1/s1. The van der Waals surface area contributed by atoms with Crippen LogP contribution in [0.5, 0.6) is 11.5 Å². The van der Waals surface area contributed by atoms with E-state index < -0.39 is 5.97 Å². The number of carbonyl (C=O) groups excluding carboxylic acids is 1. The fraction of sp³-hybridized carbons (Fsp3) is 0.645. The van der Waals surface area contributed by atoms with Gasteiger partial charge in [-0.2, -0.15) is 0 Å². The molecular formula is C31H44O8. The number of benzene rings is 1. The van der Waals surface area contributed by atoms with Gasteiger partial charge in [0.05, 0.1) is 38.4 Å². The average molecular weight is 545 g/mol. The molecule has 0 radical (unpaired) electrons. The lowest BCUT2D eigenvalue weighted by Crippen LogP contribution is -2.55. The molecule has 1 aromatic rings. The Bertz CT molecular complexity index is 1050. The normalized spacial score (nSPS) is 31.4. The van der Waals surface area contributed by atoms with E-state index >= 15 is 0 Å². The Labute approximate surface area is 232 Å². The molecule has 2 aliphatic heterocycles. The molecule has 3 fully saturated rings. The van der Waals surface area contributed by atoms with Crippen LogP contribution in [-0.2, 0) is 28.5 Å². The Morgan fingerprint density at radius 3 is 2.59 bits per heavy atom. The van der Waals surface area contributed by atoms with Crippen molar-refractivity contribution in [2.24, 2.45) is 5.92 Å². The van der Waals surface area contributed by atoms with Gasteiger partial charge in [0.2, 0.25) is 0 Å². The third kappa shape index (κ3) is 7.04. The molecule has 0 amide bonds. The molecular weight excluding hydrogens is 500 g/mol. The van der Waals surface area contributed by atoms with Gasteiger partial charge in [0.15, 0.2) is 11.5 Å². The summed E-state index contributed by atoms with van der Waals surface area (Å²) in [6.07, 6.45) is 7.29. The summed E-state index contributed by atoms with van der Waals surface area (Å²) in [5.41, 5.74) is 1.44. The van der Waals surface area contributed by atoms with E-state index in [4.69, 9.17) is 33.2 Å². The fourth-order valence-corrected chi connectivity index (χ4v) is 5.77. The van der Waals surface area contributed by atoms with Crippen molar-refractivity contribution in [2.75, 3.05) is 34.0 Å². The average Bonchev–Trinajstić information content (AvgIpc) is 3.82. The molecule has 39 heavy (non-hydrogen) atoms. The Morgan fingerprint density at radius 1 is 1.18 bits per heavy atom. The molecule has 2 saturated heterocycles. The van der Waals surface area contributed by atoms with Crippen LogP contribution in [0.2, 0.25) is 0 Å². The zero-order valence-electron chi connectivity index (χ0n) is 24.4. The van der Waals surface area contributed by atoms with E-state index in [1.165, 1.54) is 11.6 Å². The van der Waals surface area contributed by atoms with Crippen molar-refractivity contribution in [3.8, 4) is 11.5 Å². The van der Waals surface area contributed by atoms with Gasteiger partial charge in [0, 0.05) is 13.2 Å². The van der Waals surface area contributed by atoms with Crippen LogP contribution in [0.25, 0.3) is 6.08 Å². The molecule has 1 saturated carbocycles. The minimum absolute atomic E-state index is 0.0103. The summed E-state index contributed by atoms with van der Waals surface area (Å²) >= 11 is 0. The molecule has 1 spiro atoms. The molecule has 1 aromatic carbocycles. The molecule has 6 atom stereocenters. The van der Waals surface area contributed by atoms with Gasteiger partial charge in [0.25, 0.3) is 0 Å². The van der Waals surface area contributed by atoms with Crippen LogP contribution in [0.4, 0.5) is 0 Å². The van der Waals surface area contributed by atoms with Gasteiger partial charge in [-0.1, -0.05) is 17.7 Å². The van der Waals surface area contributed by atoms with Crippen LogP contribution in [0.15, 0.2) is 35.9 Å². The molecule has 2 heterocycles. The molecule has 8 heteroatoms. The molecule has 8 nitrogen and oxygen atoms in total. The lowest BCUT2D eigenvalue weighted by Gasteiger charge is -2.42. The highest BCUT2D eigenvalue weighted by molar-refractivity contribution is 5.87. The summed E-state index contributed by atoms with van der Waals surface area (Å²) in [4.78, 5) is 12.9. The van der Waals surface area contributed by atoms with Gasteiger partial charge in [-0.25, -0.2) is 4.79 Å². The van der Waals surface area contributed by atoms with Crippen LogP contribution < -0.4 is 9.47 Å². The number of carbonyl (C=O) groups is 1. The van der Waals surface area contributed by atoms with Crippen LogP contribution in [-0.4, -0.2) is 75.6 Å². The predicted molar refractivity (Wildman–Crippen MR) is 148 cm³/mol. The predicted octanol–water partition coefficient (Wildman–Crippen LogP) is 5.13. The summed E-state index contributed by atoms with van der Waals surface area (Å²) in [6, 6.07) is 5.51. The highest BCUT2D eigenvalue weighted by Gasteiger charge is 2.72. The second-order valence-electron chi connectivity index (χ2n) is 11.4. The van der Waals surface area contributed by atoms with E-state index in [9.17, 15) is 4.79 Å². The van der Waals surface area contributed by atoms with Crippen LogP contribution in [0, 0.1) is 5.92 Å². The first-order chi connectivity index (χ1) is 18.6. The van der Waals surface area contributed by atoms with Crippen molar-refractivity contribution >= 4 is 12.0 Å². The molecule has 0 bridgehead atoms. The lowest BCUT2D eigenvalue weighted by atomic mass is 9.68. The highest BCUT2D eigenvalue weighted by Crippen LogP contribution is 2.59. The highest BCUT2D eigenvalue weighted by atomic mass is 16.6. The topological polar surface area (TPSA) is 88.3 Å². The quantitative estimate of drug-likeness (QED) is 0.111. The molecule has 2 unspecified atom stereocenters. The monoisotopic (exact) mass is 544 g/mol. The van der Waals surface area contributed by atoms with Crippen molar-refractivity contribution in [1.29, 1.82) is 0 Å². The minimum Gasteiger partial charge on any atom is -0.493 e. The van der Waals surface area contributed by atoms with Gasteiger partial charge in [0.1, 0.15) is 30.0 Å². The smallest absolute Gasteiger partial charge is 0.331 e. The number of allylic oxidation sites excluding steroid dienone is 1. The van der Waals surface area contributed by atoms with Crippen molar-refractivity contribution in [1.82, 2.24) is 0 Å². The van der Waals surface area contributed by atoms with Crippen molar-refractivity contribution < 1.29 is 38.0 Å². The summed E-state index contributed by atoms with van der Waals surface area (Å²) in [7, 11) is 3.26. The zero-order chi connectivity index (χ0) is 28.2. The molecule has 0 N–H and O–H groups in total. The Balaban J connectivity index is 1.38. The summed E-state index contributed by atoms with van der Waals surface area (Å²) in [5, 5.41) is 0. The van der Waals surface area contributed by atoms with Gasteiger partial charge in [-0.15, -0.1) is 0 Å². The number of hydrogen-bond donors (Lipinski definition) is 0. The first-order valence-corrected chi connectivity index (χ1v) is 13.9. The second-order valence-corrected chi connectivity index (χ2v) is 11.4. The first-order valence-electron chi connectivity index (χ1n) is 13.9. The lowest BCUT2D eigenvalue weighted by molar-refractivity contribution is -0.166. The Morgan fingerprint density at radius 2 is 1.95 bits per heavy atom. The number of methoxy groups -OCH3 is 2. The number of ether oxygens (including phenoxy) is 7. The first kappa shape index (κ1) is 29.6. The van der Waals surface area contributed by atoms with Crippen molar-refractivity contribution in [3.05, 3.63) is 41.5 Å². The van der Waals surface area contributed by atoms with Gasteiger partial charge >= 0.3 is 5.97 Å². The third-order valence-corrected chi connectivity index (χ3v) is 7.90. The van der Waals surface area contributed by atoms with Crippen LogP contribution in [0.1, 0.15) is 59.4 Å².